The smallest absolute Gasteiger partial charge is 0.258 e. The lowest BCUT2D eigenvalue weighted by Crippen LogP contribution is -2.34. The number of nitrogens with zero attached hydrogens (tertiary/aromatic N) is 2. The number of ether oxygens (including phenoxy) is 1. The summed E-state index contributed by atoms with van der Waals surface area (Å²) < 4.78 is 6.00. The van der Waals surface area contributed by atoms with E-state index in [2.05, 4.69) is 15.6 Å². The molecule has 0 radical (unpaired) electrons. The Labute approximate surface area is 143 Å². The normalized spacial score (nSPS) is 20.9. The summed E-state index contributed by atoms with van der Waals surface area (Å²) in [5.74, 6) is 1.45. The van der Waals surface area contributed by atoms with Crippen LogP contribution in [-0.2, 0) is 0 Å². The van der Waals surface area contributed by atoms with E-state index in [9.17, 15) is 0 Å². The predicted molar refractivity (Wildman–Crippen MR) is 96.6 cm³/mol. The number of fused-ring (bicyclic) bond motifs is 1. The second kappa shape index (κ2) is 7.34. The maximum Gasteiger partial charge on any atom is 0.258 e. The lowest BCUT2D eigenvalue weighted by atomic mass is 10.0. The van der Waals surface area contributed by atoms with E-state index < -0.39 is 0 Å². The Balaban J connectivity index is 1.39. The van der Waals surface area contributed by atoms with Crippen molar-refractivity contribution >= 4 is 16.9 Å². The molecule has 2 aliphatic rings. The molecule has 2 N–H and O–H groups in total. The van der Waals surface area contributed by atoms with Gasteiger partial charge in [0.15, 0.2) is 5.82 Å². The summed E-state index contributed by atoms with van der Waals surface area (Å²) in [6, 6.07) is 9.17. The molecule has 5 nitrogen and oxygen atoms in total. The van der Waals surface area contributed by atoms with Gasteiger partial charge in [-0.1, -0.05) is 18.6 Å². The number of anilines is 1. The zero-order chi connectivity index (χ0) is 16.2. The van der Waals surface area contributed by atoms with Gasteiger partial charge in [0.05, 0.1) is 17.6 Å². The lowest BCUT2D eigenvalue weighted by Gasteiger charge is -2.23. The van der Waals surface area contributed by atoms with Crippen LogP contribution >= 0.6 is 0 Å². The van der Waals surface area contributed by atoms with Crippen LogP contribution in [0.1, 0.15) is 44.9 Å². The Bertz CT molecular complexity index is 680. The van der Waals surface area contributed by atoms with Crippen LogP contribution in [-0.4, -0.2) is 35.2 Å². The molecule has 2 fully saturated rings. The SMILES string of the molecule is c1ccc2nc(OCCC[C@H]3CCCCN3)c(NC3CC3)nc2c1. The number of rotatable bonds is 7. The Morgan fingerprint density at radius 3 is 2.67 bits per heavy atom. The summed E-state index contributed by atoms with van der Waals surface area (Å²) in [5.41, 5.74) is 1.81. The van der Waals surface area contributed by atoms with Crippen LogP contribution in [0.15, 0.2) is 24.3 Å². The highest BCUT2D eigenvalue weighted by molar-refractivity contribution is 5.77. The van der Waals surface area contributed by atoms with Gasteiger partial charge in [0.2, 0.25) is 0 Å². The fraction of sp³-hybridized carbons (Fsp3) is 0.579. The average molecular weight is 326 g/mol. The quantitative estimate of drug-likeness (QED) is 0.763. The van der Waals surface area contributed by atoms with Crippen LogP contribution in [0.4, 0.5) is 5.82 Å². The third-order valence-corrected chi connectivity index (χ3v) is 4.80. The third kappa shape index (κ3) is 3.96. The van der Waals surface area contributed by atoms with Crippen molar-refractivity contribution in [3.8, 4) is 5.88 Å². The molecule has 1 atom stereocenters. The molecule has 0 amide bonds. The van der Waals surface area contributed by atoms with Gasteiger partial charge in [-0.2, -0.15) is 0 Å². The van der Waals surface area contributed by atoms with E-state index in [1.165, 1.54) is 38.5 Å². The lowest BCUT2D eigenvalue weighted by molar-refractivity contribution is 0.278. The molecule has 1 saturated heterocycles. The summed E-state index contributed by atoms with van der Waals surface area (Å²) in [4.78, 5) is 9.39. The zero-order valence-electron chi connectivity index (χ0n) is 14.1. The largest absolute Gasteiger partial charge is 0.475 e. The van der Waals surface area contributed by atoms with Gasteiger partial charge in [0, 0.05) is 12.1 Å². The van der Waals surface area contributed by atoms with Crippen LogP contribution in [0.5, 0.6) is 5.88 Å². The maximum atomic E-state index is 6.00. The molecule has 5 heteroatoms. The fourth-order valence-corrected chi connectivity index (χ4v) is 3.27. The topological polar surface area (TPSA) is 59.1 Å². The van der Waals surface area contributed by atoms with Crippen molar-refractivity contribution in [1.82, 2.24) is 15.3 Å². The van der Waals surface area contributed by atoms with Crippen molar-refractivity contribution in [1.29, 1.82) is 0 Å². The van der Waals surface area contributed by atoms with Crippen molar-refractivity contribution in [3.05, 3.63) is 24.3 Å². The van der Waals surface area contributed by atoms with Crippen LogP contribution in [0.25, 0.3) is 11.0 Å². The van der Waals surface area contributed by atoms with Crippen molar-refractivity contribution in [3.63, 3.8) is 0 Å². The Kier molecular flexibility index (Phi) is 4.78. The molecule has 1 aliphatic heterocycles. The number of aromatic nitrogens is 2. The van der Waals surface area contributed by atoms with Gasteiger partial charge in [0.25, 0.3) is 5.88 Å². The number of benzene rings is 1. The number of piperidine rings is 1. The van der Waals surface area contributed by atoms with Crippen molar-refractivity contribution in [2.45, 2.75) is 57.0 Å². The highest BCUT2D eigenvalue weighted by Gasteiger charge is 2.24. The van der Waals surface area contributed by atoms with E-state index in [4.69, 9.17) is 9.72 Å². The van der Waals surface area contributed by atoms with Crippen LogP contribution in [0, 0.1) is 0 Å². The first-order valence-corrected chi connectivity index (χ1v) is 9.28. The second-order valence-electron chi connectivity index (χ2n) is 6.92. The molecule has 1 saturated carbocycles. The van der Waals surface area contributed by atoms with Gasteiger partial charge in [-0.25, -0.2) is 9.97 Å². The minimum absolute atomic E-state index is 0.536. The van der Waals surface area contributed by atoms with E-state index in [0.29, 0.717) is 24.6 Å². The molecule has 1 aromatic carbocycles. The Morgan fingerprint density at radius 2 is 1.92 bits per heavy atom. The molecule has 24 heavy (non-hydrogen) atoms. The molecule has 0 unspecified atom stereocenters. The Morgan fingerprint density at radius 1 is 1.08 bits per heavy atom. The highest BCUT2D eigenvalue weighted by atomic mass is 16.5. The number of para-hydroxylation sites is 2. The molecule has 128 valence electrons. The number of hydrogen-bond acceptors (Lipinski definition) is 5. The van der Waals surface area contributed by atoms with Gasteiger partial charge < -0.3 is 15.4 Å². The molecule has 1 aliphatic carbocycles. The monoisotopic (exact) mass is 326 g/mol. The van der Waals surface area contributed by atoms with Gasteiger partial charge in [-0.15, -0.1) is 0 Å². The summed E-state index contributed by atoms with van der Waals surface area (Å²) in [7, 11) is 0. The van der Waals surface area contributed by atoms with E-state index in [-0.39, 0.29) is 0 Å². The first-order valence-electron chi connectivity index (χ1n) is 9.28. The maximum absolute atomic E-state index is 6.00. The first-order chi connectivity index (χ1) is 11.9. The molecule has 0 spiro atoms. The summed E-state index contributed by atoms with van der Waals surface area (Å²) >= 11 is 0. The molecular formula is C19H26N4O. The molecule has 2 heterocycles. The minimum atomic E-state index is 0.536. The van der Waals surface area contributed by atoms with E-state index >= 15 is 0 Å². The van der Waals surface area contributed by atoms with Gasteiger partial charge in [0.1, 0.15) is 0 Å². The summed E-state index contributed by atoms with van der Waals surface area (Å²) in [6.45, 7) is 1.86. The van der Waals surface area contributed by atoms with Crippen molar-refractivity contribution in [2.75, 3.05) is 18.5 Å². The highest BCUT2D eigenvalue weighted by Crippen LogP contribution is 2.30. The molecule has 1 aromatic heterocycles. The Hall–Kier alpha value is -1.88. The average Bonchev–Trinajstić information content (AvgIpc) is 3.44. The van der Waals surface area contributed by atoms with Crippen molar-refractivity contribution < 1.29 is 4.74 Å². The van der Waals surface area contributed by atoms with Crippen LogP contribution in [0.2, 0.25) is 0 Å². The van der Waals surface area contributed by atoms with Crippen molar-refractivity contribution in [2.24, 2.45) is 0 Å². The molecular weight excluding hydrogens is 300 g/mol. The van der Waals surface area contributed by atoms with Gasteiger partial charge in [-0.05, 0) is 57.2 Å². The summed E-state index contributed by atoms with van der Waals surface area (Å²) in [5, 5.41) is 7.05. The summed E-state index contributed by atoms with van der Waals surface area (Å²) in [6.07, 6.45) is 8.61. The molecule has 4 rings (SSSR count). The van der Waals surface area contributed by atoms with E-state index in [1.54, 1.807) is 0 Å². The number of nitrogens with one attached hydrogen (secondary N) is 2. The van der Waals surface area contributed by atoms with E-state index in [0.717, 1.165) is 29.8 Å². The van der Waals surface area contributed by atoms with E-state index in [1.807, 2.05) is 24.3 Å². The third-order valence-electron chi connectivity index (χ3n) is 4.80. The van der Waals surface area contributed by atoms with Crippen LogP contribution < -0.4 is 15.4 Å². The zero-order valence-corrected chi connectivity index (χ0v) is 14.1. The second-order valence-corrected chi connectivity index (χ2v) is 6.92. The predicted octanol–water partition coefficient (Wildman–Crippen LogP) is 3.51. The van der Waals surface area contributed by atoms with Gasteiger partial charge >= 0.3 is 0 Å². The van der Waals surface area contributed by atoms with Crippen LogP contribution in [0.3, 0.4) is 0 Å². The molecule has 2 aromatic rings. The minimum Gasteiger partial charge on any atom is -0.475 e. The standard InChI is InChI=1S/C19H26N4O/c1-2-9-17-16(8-1)22-18(21-15-10-11-15)19(23-17)24-13-5-7-14-6-3-4-12-20-14/h1-2,8-9,14-15,20H,3-7,10-13H2,(H,21,22)/t14-/m1/s1. The van der Waals surface area contributed by atoms with Gasteiger partial charge in [-0.3, -0.25) is 0 Å². The first kappa shape index (κ1) is 15.6. The molecule has 0 bridgehead atoms. The number of hydrogen-bond donors (Lipinski definition) is 2. The fourth-order valence-electron chi connectivity index (χ4n) is 3.27.